The maximum Gasteiger partial charge on any atom is 0.138 e. The maximum atomic E-state index is 5.91. The van der Waals surface area contributed by atoms with E-state index < -0.39 is 0 Å². The van der Waals surface area contributed by atoms with Gasteiger partial charge in [-0.25, -0.2) is 4.98 Å². The largest absolute Gasteiger partial charge is 0.252 e. The number of fused-ring (bicyclic) bond motifs is 1. The highest BCUT2D eigenvalue weighted by atomic mass is 79.9. The van der Waals surface area contributed by atoms with Crippen molar-refractivity contribution in [2.24, 2.45) is 0 Å². The van der Waals surface area contributed by atoms with E-state index >= 15 is 0 Å². The monoisotopic (exact) mass is 256 g/mol. The van der Waals surface area contributed by atoms with Crippen LogP contribution < -0.4 is 0 Å². The summed E-state index contributed by atoms with van der Waals surface area (Å²) in [6, 6.07) is 3.85. The Morgan fingerprint density at radius 3 is 2.92 bits per heavy atom. The average Bonchev–Trinajstić information content (AvgIpc) is 2.12. The van der Waals surface area contributed by atoms with Crippen molar-refractivity contribution in [3.05, 3.63) is 33.6 Å². The molecule has 4 heteroatoms. The minimum atomic E-state index is 0.491. The zero-order valence-corrected chi connectivity index (χ0v) is 9.22. The van der Waals surface area contributed by atoms with Gasteiger partial charge >= 0.3 is 0 Å². The Bertz CT molecular complexity index is 470. The number of aryl methyl sites for hydroxylation is 1. The molecule has 2 heterocycles. The zero-order valence-electron chi connectivity index (χ0n) is 6.88. The van der Waals surface area contributed by atoms with Gasteiger partial charge in [-0.1, -0.05) is 11.6 Å². The fraction of sp³-hybridized carbons (Fsp3) is 0.111. The van der Waals surface area contributed by atoms with E-state index in [0.717, 1.165) is 21.1 Å². The molecule has 2 nitrogen and oxygen atoms in total. The van der Waals surface area contributed by atoms with Gasteiger partial charge in [-0.3, -0.25) is 4.98 Å². The summed E-state index contributed by atoms with van der Waals surface area (Å²) in [5, 5.41) is 1.37. The van der Waals surface area contributed by atoms with Gasteiger partial charge in [0.25, 0.3) is 0 Å². The van der Waals surface area contributed by atoms with Crippen LogP contribution in [-0.2, 0) is 0 Å². The van der Waals surface area contributed by atoms with Crippen LogP contribution in [0, 0.1) is 6.92 Å². The standard InChI is InChI=1S/C9H6BrClN2/c1-5-2-3-6-8(13-5)7(10)4-12-9(6)11/h2-4H,1H3. The number of halogens is 2. The highest BCUT2D eigenvalue weighted by Crippen LogP contribution is 2.26. The predicted octanol–water partition coefficient (Wildman–Crippen LogP) is 3.35. The van der Waals surface area contributed by atoms with Gasteiger partial charge in [-0.15, -0.1) is 0 Å². The lowest BCUT2D eigenvalue weighted by atomic mass is 10.2. The molecule has 0 aliphatic carbocycles. The number of hydrogen-bond acceptors (Lipinski definition) is 2. The highest BCUT2D eigenvalue weighted by Gasteiger charge is 2.04. The third kappa shape index (κ3) is 1.54. The molecule has 0 amide bonds. The summed E-state index contributed by atoms with van der Waals surface area (Å²) in [5.41, 5.74) is 1.83. The topological polar surface area (TPSA) is 25.8 Å². The summed E-state index contributed by atoms with van der Waals surface area (Å²) in [6.45, 7) is 1.94. The first-order valence-corrected chi connectivity index (χ1v) is 4.93. The van der Waals surface area contributed by atoms with Crippen LogP contribution in [0.1, 0.15) is 5.69 Å². The zero-order chi connectivity index (χ0) is 9.42. The Kier molecular flexibility index (Phi) is 2.22. The summed E-state index contributed by atoms with van der Waals surface area (Å²) in [6.07, 6.45) is 1.66. The Morgan fingerprint density at radius 2 is 2.15 bits per heavy atom. The lowest BCUT2D eigenvalue weighted by molar-refractivity contribution is 1.23. The van der Waals surface area contributed by atoms with Crippen LogP contribution in [0.3, 0.4) is 0 Å². The van der Waals surface area contributed by atoms with Crippen molar-refractivity contribution >= 4 is 38.4 Å². The number of nitrogens with zero attached hydrogens (tertiary/aromatic N) is 2. The lowest BCUT2D eigenvalue weighted by Crippen LogP contribution is -1.87. The van der Waals surface area contributed by atoms with Crippen LogP contribution in [0.25, 0.3) is 10.9 Å². The molecule has 0 unspecified atom stereocenters. The first-order chi connectivity index (χ1) is 6.18. The van der Waals surface area contributed by atoms with E-state index in [1.165, 1.54) is 0 Å². The van der Waals surface area contributed by atoms with Crippen LogP contribution >= 0.6 is 27.5 Å². The summed E-state index contributed by atoms with van der Waals surface area (Å²) < 4.78 is 0.871. The van der Waals surface area contributed by atoms with Gasteiger partial charge in [0.1, 0.15) is 5.15 Å². The number of rotatable bonds is 0. The second-order valence-electron chi connectivity index (χ2n) is 2.75. The molecule has 0 saturated heterocycles. The van der Waals surface area contributed by atoms with Crippen molar-refractivity contribution in [2.75, 3.05) is 0 Å². The van der Waals surface area contributed by atoms with Crippen molar-refractivity contribution in [2.45, 2.75) is 6.92 Å². The minimum absolute atomic E-state index is 0.491. The molecule has 0 bridgehead atoms. The fourth-order valence-electron chi connectivity index (χ4n) is 1.15. The van der Waals surface area contributed by atoms with Gasteiger partial charge in [-0.05, 0) is 35.0 Å². The number of aromatic nitrogens is 2. The van der Waals surface area contributed by atoms with Gasteiger partial charge in [0, 0.05) is 17.3 Å². The van der Waals surface area contributed by atoms with Crippen LogP contribution in [0.5, 0.6) is 0 Å². The van der Waals surface area contributed by atoms with Gasteiger partial charge in [-0.2, -0.15) is 0 Å². The number of hydrogen-bond donors (Lipinski definition) is 0. The minimum Gasteiger partial charge on any atom is -0.252 e. The summed E-state index contributed by atoms with van der Waals surface area (Å²) in [7, 11) is 0. The van der Waals surface area contributed by atoms with Crippen molar-refractivity contribution < 1.29 is 0 Å². The molecule has 2 aromatic heterocycles. The molecule has 0 aliphatic rings. The van der Waals surface area contributed by atoms with Crippen LogP contribution in [0.15, 0.2) is 22.8 Å². The molecule has 0 radical (unpaired) electrons. The number of pyridine rings is 2. The molecule has 0 aliphatic heterocycles. The second-order valence-corrected chi connectivity index (χ2v) is 3.96. The van der Waals surface area contributed by atoms with Gasteiger partial charge < -0.3 is 0 Å². The van der Waals surface area contributed by atoms with E-state index in [9.17, 15) is 0 Å². The Balaban J connectivity index is 2.92. The van der Waals surface area contributed by atoms with Gasteiger partial charge in [0.15, 0.2) is 0 Å². The molecule has 0 spiro atoms. The normalized spacial score (nSPS) is 10.7. The molecule has 13 heavy (non-hydrogen) atoms. The molecule has 0 atom stereocenters. The molecule has 0 saturated carbocycles. The summed E-state index contributed by atoms with van der Waals surface area (Å²) >= 11 is 9.29. The Morgan fingerprint density at radius 1 is 1.38 bits per heavy atom. The average molecular weight is 258 g/mol. The Labute approximate surface area is 89.1 Å². The summed E-state index contributed by atoms with van der Waals surface area (Å²) in [5.74, 6) is 0. The third-order valence-corrected chi connectivity index (χ3v) is 2.66. The van der Waals surface area contributed by atoms with Crippen LogP contribution in [0.4, 0.5) is 0 Å². The van der Waals surface area contributed by atoms with E-state index in [4.69, 9.17) is 11.6 Å². The summed E-state index contributed by atoms with van der Waals surface area (Å²) in [4.78, 5) is 8.38. The molecule has 0 fully saturated rings. The van der Waals surface area contributed by atoms with E-state index in [0.29, 0.717) is 5.15 Å². The predicted molar refractivity (Wildman–Crippen MR) is 57.0 cm³/mol. The SMILES string of the molecule is Cc1ccc2c(Cl)ncc(Br)c2n1. The van der Waals surface area contributed by atoms with Crippen LogP contribution in [-0.4, -0.2) is 9.97 Å². The van der Waals surface area contributed by atoms with Gasteiger partial charge in [0.2, 0.25) is 0 Å². The van der Waals surface area contributed by atoms with Crippen molar-refractivity contribution in [3.8, 4) is 0 Å². The van der Waals surface area contributed by atoms with E-state index in [1.54, 1.807) is 6.20 Å². The van der Waals surface area contributed by atoms with Crippen molar-refractivity contribution in [1.82, 2.24) is 9.97 Å². The fourth-order valence-corrected chi connectivity index (χ4v) is 1.76. The second kappa shape index (κ2) is 3.24. The maximum absolute atomic E-state index is 5.91. The molecular formula is C9H6BrClN2. The van der Waals surface area contributed by atoms with Crippen molar-refractivity contribution in [3.63, 3.8) is 0 Å². The first-order valence-electron chi connectivity index (χ1n) is 3.76. The molecule has 2 rings (SSSR count). The van der Waals surface area contributed by atoms with Crippen molar-refractivity contribution in [1.29, 1.82) is 0 Å². The smallest absolute Gasteiger partial charge is 0.138 e. The Hall–Kier alpha value is -0.670. The quantitative estimate of drug-likeness (QED) is 0.676. The lowest BCUT2D eigenvalue weighted by Gasteiger charge is -2.01. The molecule has 2 aromatic rings. The van der Waals surface area contributed by atoms with E-state index in [-0.39, 0.29) is 0 Å². The molecule has 66 valence electrons. The van der Waals surface area contributed by atoms with E-state index in [1.807, 2.05) is 19.1 Å². The molecule has 0 N–H and O–H groups in total. The van der Waals surface area contributed by atoms with Crippen LogP contribution in [0.2, 0.25) is 5.15 Å². The van der Waals surface area contributed by atoms with E-state index in [2.05, 4.69) is 25.9 Å². The molecule has 0 aromatic carbocycles. The molecular weight excluding hydrogens is 251 g/mol. The third-order valence-electron chi connectivity index (χ3n) is 1.77. The van der Waals surface area contributed by atoms with Gasteiger partial charge in [0.05, 0.1) is 9.99 Å². The highest BCUT2D eigenvalue weighted by molar-refractivity contribution is 9.10. The first kappa shape index (κ1) is 8.91.